The van der Waals surface area contributed by atoms with Crippen molar-refractivity contribution >= 4 is 21.6 Å². The number of aliphatic hydroxyl groups excluding tert-OH is 1. The van der Waals surface area contributed by atoms with Crippen molar-refractivity contribution in [2.24, 2.45) is 5.92 Å². The van der Waals surface area contributed by atoms with Crippen LogP contribution < -0.4 is 5.32 Å². The second-order valence-electron chi connectivity index (χ2n) is 3.41. The lowest BCUT2D eigenvalue weighted by molar-refractivity contribution is 0.244. The molecule has 0 bridgehead atoms. The number of hydrogen-bond acceptors (Lipinski definition) is 2. The van der Waals surface area contributed by atoms with Crippen LogP contribution in [0.3, 0.4) is 0 Å². The summed E-state index contributed by atoms with van der Waals surface area (Å²) in [6.07, 6.45) is 0. The van der Waals surface area contributed by atoms with Gasteiger partial charge in [0.15, 0.2) is 0 Å². The lowest BCUT2D eigenvalue weighted by Gasteiger charge is -2.13. The van der Waals surface area contributed by atoms with Gasteiger partial charge in [-0.25, -0.2) is 8.78 Å². The Hall–Kier alpha value is -0.680. The predicted octanol–water partition coefficient (Wildman–Crippen LogP) is 2.77. The first-order valence-corrected chi connectivity index (χ1v) is 5.33. The van der Waals surface area contributed by atoms with Gasteiger partial charge in [-0.2, -0.15) is 0 Å². The van der Waals surface area contributed by atoms with Gasteiger partial charge in [0, 0.05) is 23.7 Å². The smallest absolute Gasteiger partial charge is 0.150 e. The van der Waals surface area contributed by atoms with E-state index >= 15 is 0 Å². The van der Waals surface area contributed by atoms with Gasteiger partial charge in [-0.15, -0.1) is 0 Å². The highest BCUT2D eigenvalue weighted by atomic mass is 79.9. The van der Waals surface area contributed by atoms with Gasteiger partial charge >= 0.3 is 0 Å². The van der Waals surface area contributed by atoms with Crippen molar-refractivity contribution in [1.29, 1.82) is 0 Å². The number of nitrogens with one attached hydrogen (secondary N) is 1. The van der Waals surface area contributed by atoms with Crippen LogP contribution in [0.4, 0.5) is 14.5 Å². The molecule has 0 amide bonds. The Bertz CT molecular complexity index is 323. The Kier molecular flexibility index (Phi) is 4.47. The molecule has 1 aromatic rings. The normalized spacial score (nSPS) is 12.6. The third-order valence-corrected chi connectivity index (χ3v) is 2.57. The van der Waals surface area contributed by atoms with E-state index in [9.17, 15) is 8.78 Å². The molecule has 1 aromatic carbocycles. The van der Waals surface area contributed by atoms with Crippen molar-refractivity contribution < 1.29 is 13.9 Å². The highest BCUT2D eigenvalue weighted by Crippen LogP contribution is 2.26. The van der Waals surface area contributed by atoms with Gasteiger partial charge in [-0.3, -0.25) is 0 Å². The fourth-order valence-electron chi connectivity index (χ4n) is 1.05. The number of rotatable bonds is 4. The summed E-state index contributed by atoms with van der Waals surface area (Å²) in [6, 6.07) is 2.01. The van der Waals surface area contributed by atoms with Crippen LogP contribution in [0.15, 0.2) is 16.6 Å². The summed E-state index contributed by atoms with van der Waals surface area (Å²) in [5, 5.41) is 11.6. The van der Waals surface area contributed by atoms with Crippen molar-refractivity contribution in [2.75, 3.05) is 18.5 Å². The van der Waals surface area contributed by atoms with E-state index in [0.29, 0.717) is 11.0 Å². The molecule has 0 aliphatic rings. The average Bonchev–Trinajstić information content (AvgIpc) is 2.15. The summed E-state index contributed by atoms with van der Waals surface area (Å²) in [4.78, 5) is 0. The van der Waals surface area contributed by atoms with Gasteiger partial charge < -0.3 is 10.4 Å². The third kappa shape index (κ3) is 3.43. The largest absolute Gasteiger partial charge is 0.396 e. The molecule has 0 fully saturated rings. The van der Waals surface area contributed by atoms with E-state index in [1.807, 2.05) is 6.92 Å². The molecule has 0 saturated heterocycles. The molecule has 1 rings (SSSR count). The SMILES string of the molecule is CC(CO)CNc1c(F)cc(F)cc1Br. The summed E-state index contributed by atoms with van der Waals surface area (Å²) >= 11 is 3.06. The molecule has 1 unspecified atom stereocenters. The summed E-state index contributed by atoms with van der Waals surface area (Å²) in [6.45, 7) is 2.27. The van der Waals surface area contributed by atoms with E-state index in [1.54, 1.807) is 0 Å². The van der Waals surface area contributed by atoms with E-state index < -0.39 is 11.6 Å². The maximum absolute atomic E-state index is 13.3. The van der Waals surface area contributed by atoms with Crippen LogP contribution in [0.1, 0.15) is 6.92 Å². The Morgan fingerprint density at radius 3 is 2.67 bits per heavy atom. The zero-order valence-corrected chi connectivity index (χ0v) is 9.81. The van der Waals surface area contributed by atoms with E-state index in [0.717, 1.165) is 6.07 Å². The minimum absolute atomic E-state index is 0.0151. The molecule has 15 heavy (non-hydrogen) atoms. The van der Waals surface area contributed by atoms with Gasteiger partial charge in [-0.1, -0.05) is 6.92 Å². The molecule has 2 N–H and O–H groups in total. The second-order valence-corrected chi connectivity index (χ2v) is 4.27. The number of benzene rings is 1. The van der Waals surface area contributed by atoms with Crippen molar-refractivity contribution in [3.05, 3.63) is 28.2 Å². The zero-order valence-electron chi connectivity index (χ0n) is 8.23. The molecule has 84 valence electrons. The Morgan fingerprint density at radius 1 is 1.47 bits per heavy atom. The first-order valence-electron chi connectivity index (χ1n) is 4.54. The van der Waals surface area contributed by atoms with Crippen molar-refractivity contribution in [1.82, 2.24) is 0 Å². The molecule has 0 heterocycles. The van der Waals surface area contributed by atoms with Crippen molar-refractivity contribution in [3.63, 3.8) is 0 Å². The standard InChI is InChI=1S/C10H12BrF2NO/c1-6(5-15)4-14-10-8(11)2-7(12)3-9(10)13/h2-3,6,14-15H,4-5H2,1H3. The van der Waals surface area contributed by atoms with Crippen molar-refractivity contribution in [3.8, 4) is 0 Å². The Balaban J connectivity index is 2.77. The van der Waals surface area contributed by atoms with Crippen LogP contribution in [-0.2, 0) is 0 Å². The number of hydrogen-bond donors (Lipinski definition) is 2. The van der Waals surface area contributed by atoms with Crippen LogP contribution in [0, 0.1) is 17.6 Å². The maximum atomic E-state index is 13.3. The molecule has 1 atom stereocenters. The number of halogens is 3. The molecule has 0 radical (unpaired) electrons. The number of aliphatic hydroxyl groups is 1. The molecule has 0 aliphatic heterocycles. The average molecular weight is 280 g/mol. The molecular weight excluding hydrogens is 268 g/mol. The van der Waals surface area contributed by atoms with E-state index in [4.69, 9.17) is 5.11 Å². The maximum Gasteiger partial charge on any atom is 0.150 e. The highest BCUT2D eigenvalue weighted by molar-refractivity contribution is 9.10. The summed E-state index contributed by atoms with van der Waals surface area (Å²) in [7, 11) is 0. The third-order valence-electron chi connectivity index (χ3n) is 1.95. The fourth-order valence-corrected chi connectivity index (χ4v) is 1.60. The second kappa shape index (κ2) is 5.42. The predicted molar refractivity (Wildman–Crippen MR) is 58.8 cm³/mol. The molecule has 2 nitrogen and oxygen atoms in total. The van der Waals surface area contributed by atoms with E-state index in [2.05, 4.69) is 21.2 Å². The van der Waals surface area contributed by atoms with E-state index in [1.165, 1.54) is 6.07 Å². The summed E-state index contributed by atoms with van der Waals surface area (Å²) in [5.41, 5.74) is 0.219. The first-order chi connectivity index (χ1) is 7.04. The van der Waals surface area contributed by atoms with Crippen LogP contribution in [0.5, 0.6) is 0 Å². The Labute approximate surface area is 95.4 Å². The minimum Gasteiger partial charge on any atom is -0.396 e. The molecule has 0 aromatic heterocycles. The molecular formula is C10H12BrF2NO. The monoisotopic (exact) mass is 279 g/mol. The molecule has 0 aliphatic carbocycles. The summed E-state index contributed by atoms with van der Waals surface area (Å²) in [5.74, 6) is -1.26. The van der Waals surface area contributed by atoms with Crippen molar-refractivity contribution in [2.45, 2.75) is 6.92 Å². The van der Waals surface area contributed by atoms with Gasteiger partial charge in [-0.05, 0) is 27.9 Å². The highest BCUT2D eigenvalue weighted by Gasteiger charge is 2.10. The zero-order chi connectivity index (χ0) is 11.4. The lowest BCUT2D eigenvalue weighted by atomic mass is 10.2. The Morgan fingerprint density at radius 2 is 2.13 bits per heavy atom. The van der Waals surface area contributed by atoms with Crippen LogP contribution in [-0.4, -0.2) is 18.3 Å². The van der Waals surface area contributed by atoms with Crippen LogP contribution in [0.2, 0.25) is 0 Å². The van der Waals surface area contributed by atoms with Gasteiger partial charge in [0.1, 0.15) is 11.6 Å². The lowest BCUT2D eigenvalue weighted by Crippen LogP contribution is -2.15. The first kappa shape index (κ1) is 12.4. The summed E-state index contributed by atoms with van der Waals surface area (Å²) < 4.78 is 26.3. The molecule has 0 saturated carbocycles. The van der Waals surface area contributed by atoms with Crippen LogP contribution >= 0.6 is 15.9 Å². The molecule has 0 spiro atoms. The van der Waals surface area contributed by atoms with Gasteiger partial charge in [0.05, 0.1) is 5.69 Å². The van der Waals surface area contributed by atoms with Gasteiger partial charge in [0.25, 0.3) is 0 Å². The topological polar surface area (TPSA) is 32.3 Å². The van der Waals surface area contributed by atoms with Gasteiger partial charge in [0.2, 0.25) is 0 Å². The fraction of sp³-hybridized carbons (Fsp3) is 0.400. The minimum atomic E-state index is -0.646. The number of anilines is 1. The molecule has 5 heteroatoms. The quantitative estimate of drug-likeness (QED) is 0.888. The van der Waals surface area contributed by atoms with E-state index in [-0.39, 0.29) is 18.2 Å². The van der Waals surface area contributed by atoms with Crippen LogP contribution in [0.25, 0.3) is 0 Å².